The van der Waals surface area contributed by atoms with Gasteiger partial charge < -0.3 is 9.42 Å². The molecule has 2 aromatic carbocycles. The molecule has 0 bridgehead atoms. The molecule has 1 heterocycles. The van der Waals surface area contributed by atoms with Crippen LogP contribution < -0.4 is 0 Å². The van der Waals surface area contributed by atoms with Gasteiger partial charge in [-0.25, -0.2) is 4.39 Å². The van der Waals surface area contributed by atoms with Crippen molar-refractivity contribution in [2.45, 2.75) is 24.1 Å². The molecule has 0 aliphatic rings. The van der Waals surface area contributed by atoms with Crippen molar-refractivity contribution in [1.82, 2.24) is 15.0 Å². The lowest BCUT2D eigenvalue weighted by Gasteiger charge is -2.19. The summed E-state index contributed by atoms with van der Waals surface area (Å²) in [6.07, 6.45) is 0. The van der Waals surface area contributed by atoms with Crippen molar-refractivity contribution in [3.63, 3.8) is 0 Å². The van der Waals surface area contributed by atoms with Crippen LogP contribution in [0.15, 0.2) is 57.9 Å². The normalized spacial score (nSPS) is 10.7. The Kier molecular flexibility index (Phi) is 5.68. The highest BCUT2D eigenvalue weighted by atomic mass is 32.2. The van der Waals surface area contributed by atoms with Crippen LogP contribution in [0, 0.1) is 12.7 Å². The molecule has 3 aromatic rings. The molecular formula is C19H18FN3O2S. The third-order valence-corrected chi connectivity index (χ3v) is 4.75. The average Bonchev–Trinajstić information content (AvgIpc) is 3.05. The van der Waals surface area contributed by atoms with Gasteiger partial charge in [-0.3, -0.25) is 4.79 Å². The second-order valence-electron chi connectivity index (χ2n) is 5.81. The molecule has 0 saturated carbocycles. The average molecular weight is 371 g/mol. The lowest BCUT2D eigenvalue weighted by Crippen LogP contribution is -2.26. The lowest BCUT2D eigenvalue weighted by molar-refractivity contribution is 0.0781. The Morgan fingerprint density at radius 1 is 1.23 bits per heavy atom. The highest BCUT2D eigenvalue weighted by Gasteiger charge is 2.17. The molecule has 7 heteroatoms. The van der Waals surface area contributed by atoms with E-state index in [0.717, 1.165) is 10.5 Å². The first-order valence-electron chi connectivity index (χ1n) is 8.04. The summed E-state index contributed by atoms with van der Waals surface area (Å²) in [7, 11) is 1.70. The number of hydrogen-bond acceptors (Lipinski definition) is 5. The Balaban J connectivity index is 1.72. The summed E-state index contributed by atoms with van der Waals surface area (Å²) in [5, 5.41) is 3.76. The summed E-state index contributed by atoms with van der Waals surface area (Å²) < 4.78 is 18.5. The van der Waals surface area contributed by atoms with Gasteiger partial charge in [0.25, 0.3) is 5.91 Å². The Labute approximate surface area is 155 Å². The van der Waals surface area contributed by atoms with E-state index in [4.69, 9.17) is 4.52 Å². The van der Waals surface area contributed by atoms with Crippen molar-refractivity contribution in [1.29, 1.82) is 0 Å². The summed E-state index contributed by atoms with van der Waals surface area (Å²) in [5.41, 5.74) is 1.33. The fourth-order valence-corrected chi connectivity index (χ4v) is 3.38. The zero-order chi connectivity index (χ0) is 18.5. The quantitative estimate of drug-likeness (QED) is 0.611. The highest BCUT2D eigenvalue weighted by molar-refractivity contribution is 7.98. The summed E-state index contributed by atoms with van der Waals surface area (Å²) >= 11 is 1.46. The minimum absolute atomic E-state index is 0.126. The van der Waals surface area contributed by atoms with Crippen LogP contribution in [0.1, 0.15) is 27.6 Å². The van der Waals surface area contributed by atoms with E-state index in [1.165, 1.54) is 23.9 Å². The topological polar surface area (TPSA) is 59.2 Å². The van der Waals surface area contributed by atoms with E-state index < -0.39 is 0 Å². The van der Waals surface area contributed by atoms with Crippen molar-refractivity contribution in [2.75, 3.05) is 7.05 Å². The number of amides is 1. The van der Waals surface area contributed by atoms with E-state index in [1.54, 1.807) is 37.1 Å². The van der Waals surface area contributed by atoms with E-state index in [2.05, 4.69) is 10.1 Å². The van der Waals surface area contributed by atoms with Crippen LogP contribution in [0.3, 0.4) is 0 Å². The van der Waals surface area contributed by atoms with E-state index in [-0.39, 0.29) is 11.7 Å². The van der Waals surface area contributed by atoms with Crippen molar-refractivity contribution in [3.05, 3.63) is 77.2 Å². The summed E-state index contributed by atoms with van der Waals surface area (Å²) in [6.45, 7) is 2.09. The molecule has 26 heavy (non-hydrogen) atoms. The second kappa shape index (κ2) is 8.14. The molecule has 5 nitrogen and oxygen atoms in total. The van der Waals surface area contributed by atoms with Gasteiger partial charge in [-0.05, 0) is 36.8 Å². The molecule has 0 fully saturated rings. The van der Waals surface area contributed by atoms with E-state index in [0.29, 0.717) is 29.6 Å². The van der Waals surface area contributed by atoms with Crippen molar-refractivity contribution < 1.29 is 13.7 Å². The first-order valence-corrected chi connectivity index (χ1v) is 9.02. The largest absolute Gasteiger partial charge is 0.338 e. The van der Waals surface area contributed by atoms with Gasteiger partial charge >= 0.3 is 0 Å². The predicted octanol–water partition coefficient (Wildman–Crippen LogP) is 4.08. The molecule has 3 rings (SSSR count). The predicted molar refractivity (Wildman–Crippen MR) is 97.2 cm³/mol. The first-order chi connectivity index (χ1) is 12.5. The van der Waals surface area contributed by atoms with Crippen molar-refractivity contribution >= 4 is 17.7 Å². The standard InChI is InChI=1S/C19H18FN3O2S/c1-13-21-18(25-22-13)12-26-17-9-4-3-8-16(17)19(24)23(2)11-14-6-5-7-15(20)10-14/h3-10H,11-12H2,1-2H3. The van der Waals surface area contributed by atoms with Gasteiger partial charge in [0.05, 0.1) is 11.3 Å². The number of carbonyl (C=O) groups excluding carboxylic acids is 1. The Morgan fingerprint density at radius 3 is 2.77 bits per heavy atom. The van der Waals surface area contributed by atoms with Gasteiger partial charge in [0.2, 0.25) is 5.89 Å². The minimum Gasteiger partial charge on any atom is -0.338 e. The fourth-order valence-electron chi connectivity index (χ4n) is 2.49. The second-order valence-corrected chi connectivity index (χ2v) is 6.83. The number of benzene rings is 2. The number of hydrogen-bond donors (Lipinski definition) is 0. The summed E-state index contributed by atoms with van der Waals surface area (Å²) in [4.78, 5) is 19.4. The number of aromatic nitrogens is 2. The Morgan fingerprint density at radius 2 is 2.04 bits per heavy atom. The Bertz CT molecular complexity index is 913. The maximum atomic E-state index is 13.3. The van der Waals surface area contributed by atoms with E-state index >= 15 is 0 Å². The van der Waals surface area contributed by atoms with Crippen LogP contribution in [-0.4, -0.2) is 28.0 Å². The maximum absolute atomic E-state index is 13.3. The highest BCUT2D eigenvalue weighted by Crippen LogP contribution is 2.27. The molecule has 0 spiro atoms. The zero-order valence-corrected chi connectivity index (χ0v) is 15.3. The maximum Gasteiger partial charge on any atom is 0.255 e. The third kappa shape index (κ3) is 4.49. The van der Waals surface area contributed by atoms with Gasteiger partial charge in [0.1, 0.15) is 5.82 Å². The smallest absolute Gasteiger partial charge is 0.255 e. The number of halogens is 1. The van der Waals surface area contributed by atoms with Crippen LogP contribution >= 0.6 is 11.8 Å². The molecule has 0 aliphatic heterocycles. The number of rotatable bonds is 6. The zero-order valence-electron chi connectivity index (χ0n) is 14.5. The molecule has 0 aliphatic carbocycles. The number of thioether (sulfide) groups is 1. The SMILES string of the molecule is Cc1noc(CSc2ccccc2C(=O)N(C)Cc2cccc(F)c2)n1. The van der Waals surface area contributed by atoms with Crippen LogP contribution in [0.2, 0.25) is 0 Å². The van der Waals surface area contributed by atoms with E-state index in [9.17, 15) is 9.18 Å². The number of aryl methyl sites for hydroxylation is 1. The van der Waals surface area contributed by atoms with Crippen LogP contribution in [-0.2, 0) is 12.3 Å². The van der Waals surface area contributed by atoms with Gasteiger partial charge in [0.15, 0.2) is 5.82 Å². The molecule has 0 atom stereocenters. The first kappa shape index (κ1) is 18.1. The molecule has 1 amide bonds. The van der Waals surface area contributed by atoms with Crippen LogP contribution in [0.5, 0.6) is 0 Å². The molecule has 134 valence electrons. The van der Waals surface area contributed by atoms with Gasteiger partial charge in [0, 0.05) is 18.5 Å². The molecule has 0 radical (unpaired) electrons. The van der Waals surface area contributed by atoms with Gasteiger partial charge in [-0.1, -0.05) is 29.4 Å². The fraction of sp³-hybridized carbons (Fsp3) is 0.211. The Hall–Kier alpha value is -2.67. The summed E-state index contributed by atoms with van der Waals surface area (Å²) in [6, 6.07) is 13.6. The van der Waals surface area contributed by atoms with Crippen LogP contribution in [0.25, 0.3) is 0 Å². The number of carbonyl (C=O) groups is 1. The van der Waals surface area contributed by atoms with Crippen LogP contribution in [0.4, 0.5) is 4.39 Å². The molecule has 1 aromatic heterocycles. The monoisotopic (exact) mass is 371 g/mol. The summed E-state index contributed by atoms with van der Waals surface area (Å²) in [5.74, 6) is 1.15. The molecule has 0 N–H and O–H groups in total. The number of nitrogens with zero attached hydrogens (tertiary/aromatic N) is 3. The minimum atomic E-state index is -0.311. The van der Waals surface area contributed by atoms with Gasteiger partial charge in [-0.2, -0.15) is 4.98 Å². The van der Waals surface area contributed by atoms with Crippen molar-refractivity contribution in [3.8, 4) is 0 Å². The molecule has 0 unspecified atom stereocenters. The molecular weight excluding hydrogens is 353 g/mol. The van der Waals surface area contributed by atoms with Crippen molar-refractivity contribution in [2.24, 2.45) is 0 Å². The van der Waals surface area contributed by atoms with E-state index in [1.807, 2.05) is 18.2 Å². The lowest BCUT2D eigenvalue weighted by atomic mass is 10.1. The third-order valence-electron chi connectivity index (χ3n) is 3.69. The molecule has 0 saturated heterocycles. The van der Waals surface area contributed by atoms with Gasteiger partial charge in [-0.15, -0.1) is 11.8 Å².